The zero-order valence-corrected chi connectivity index (χ0v) is 12.5. The molecular formula is C16H8Cl2N2O2. The number of rotatable bonds is 0. The van der Waals surface area contributed by atoms with E-state index in [9.17, 15) is 9.59 Å². The maximum Gasteiger partial charge on any atom is 0.213 e. The molecule has 0 amide bonds. The van der Waals surface area contributed by atoms with Crippen LogP contribution in [0.1, 0.15) is 20.7 Å². The van der Waals surface area contributed by atoms with Gasteiger partial charge in [-0.05, 0) is 24.3 Å². The third-order valence-corrected chi connectivity index (χ3v) is 4.35. The molecule has 0 unspecified atom stereocenters. The van der Waals surface area contributed by atoms with E-state index in [4.69, 9.17) is 23.2 Å². The molecule has 2 aliphatic heterocycles. The highest BCUT2D eigenvalue weighted by Gasteiger charge is 2.36. The van der Waals surface area contributed by atoms with E-state index in [0.717, 1.165) is 0 Å². The van der Waals surface area contributed by atoms with Gasteiger partial charge in [0.2, 0.25) is 11.6 Å². The van der Waals surface area contributed by atoms with Gasteiger partial charge in [0.25, 0.3) is 0 Å². The first-order valence-electron chi connectivity index (χ1n) is 6.52. The average Bonchev–Trinajstić information content (AvgIpc) is 3.01. The van der Waals surface area contributed by atoms with E-state index in [1.54, 1.807) is 36.4 Å². The van der Waals surface area contributed by atoms with Crippen LogP contribution < -0.4 is 10.6 Å². The fourth-order valence-electron chi connectivity index (χ4n) is 2.67. The standard InChI is InChI=1S/C16H8Cl2N2O2/c17-9-5-1-3-7-11(9)19-13(15(7)21)14-16(22)8-4-2-6-10(18)12(8)20-14/h1-6,19-20H. The van der Waals surface area contributed by atoms with Crippen molar-refractivity contribution in [3.05, 3.63) is 69.0 Å². The number of hydrogen-bond donors (Lipinski definition) is 2. The number of benzene rings is 2. The topological polar surface area (TPSA) is 58.2 Å². The first kappa shape index (κ1) is 13.4. The second-order valence-electron chi connectivity index (χ2n) is 4.98. The van der Waals surface area contributed by atoms with Gasteiger partial charge in [-0.1, -0.05) is 35.3 Å². The predicted molar refractivity (Wildman–Crippen MR) is 85.8 cm³/mol. The molecule has 0 radical (unpaired) electrons. The molecule has 2 aromatic rings. The van der Waals surface area contributed by atoms with Gasteiger partial charge in [0, 0.05) is 11.1 Å². The molecule has 0 aromatic heterocycles. The number of ketones is 2. The Bertz CT molecular complexity index is 830. The zero-order valence-electron chi connectivity index (χ0n) is 11.0. The third kappa shape index (κ3) is 1.71. The fourth-order valence-corrected chi connectivity index (χ4v) is 3.11. The van der Waals surface area contributed by atoms with Crippen molar-refractivity contribution >= 4 is 46.1 Å². The van der Waals surface area contributed by atoms with Crippen LogP contribution in [0.4, 0.5) is 11.4 Å². The highest BCUT2D eigenvalue weighted by Crippen LogP contribution is 2.40. The summed E-state index contributed by atoms with van der Waals surface area (Å²) in [5, 5.41) is 6.77. The third-order valence-electron chi connectivity index (χ3n) is 3.72. The lowest BCUT2D eigenvalue weighted by molar-refractivity contribution is 0.101. The molecule has 2 heterocycles. The molecule has 2 aliphatic rings. The van der Waals surface area contributed by atoms with Crippen LogP contribution in [0.3, 0.4) is 0 Å². The molecule has 0 atom stereocenters. The predicted octanol–water partition coefficient (Wildman–Crippen LogP) is 4.12. The monoisotopic (exact) mass is 330 g/mol. The molecule has 0 aliphatic carbocycles. The quantitative estimate of drug-likeness (QED) is 0.713. The van der Waals surface area contributed by atoms with Crippen LogP contribution >= 0.6 is 23.2 Å². The average molecular weight is 331 g/mol. The summed E-state index contributed by atoms with van der Waals surface area (Å²) in [7, 11) is 0. The van der Waals surface area contributed by atoms with E-state index in [1.165, 1.54) is 0 Å². The first-order valence-corrected chi connectivity index (χ1v) is 7.28. The number of hydrogen-bond acceptors (Lipinski definition) is 4. The zero-order chi connectivity index (χ0) is 15.4. The SMILES string of the molecule is O=C1C(=C2Nc3c(Cl)cccc3C2=O)Nc2c(Cl)cccc21. The van der Waals surface area contributed by atoms with Gasteiger partial charge in [0.1, 0.15) is 11.4 Å². The number of allylic oxidation sites excluding steroid dienone is 2. The lowest BCUT2D eigenvalue weighted by Gasteiger charge is -2.05. The summed E-state index contributed by atoms with van der Waals surface area (Å²) in [6.07, 6.45) is 0. The Labute approximate surface area is 135 Å². The highest BCUT2D eigenvalue weighted by molar-refractivity contribution is 6.38. The Morgan fingerprint density at radius 1 is 0.682 bits per heavy atom. The van der Waals surface area contributed by atoms with Gasteiger partial charge in [-0.3, -0.25) is 9.59 Å². The molecule has 4 rings (SSSR count). The molecule has 108 valence electrons. The fraction of sp³-hybridized carbons (Fsp3) is 0. The van der Waals surface area contributed by atoms with Crippen LogP contribution in [-0.2, 0) is 0 Å². The first-order chi connectivity index (χ1) is 10.6. The van der Waals surface area contributed by atoms with E-state index in [-0.39, 0.29) is 23.0 Å². The van der Waals surface area contributed by atoms with Crippen molar-refractivity contribution in [3.63, 3.8) is 0 Å². The van der Waals surface area contributed by atoms with E-state index < -0.39 is 0 Å². The van der Waals surface area contributed by atoms with Crippen molar-refractivity contribution in [1.82, 2.24) is 0 Å². The molecule has 0 spiro atoms. The number of nitrogens with one attached hydrogen (secondary N) is 2. The Balaban J connectivity index is 1.86. The molecule has 22 heavy (non-hydrogen) atoms. The molecule has 2 aromatic carbocycles. The molecule has 4 nitrogen and oxygen atoms in total. The van der Waals surface area contributed by atoms with Gasteiger partial charge in [-0.15, -0.1) is 0 Å². The largest absolute Gasteiger partial charge is 0.349 e. The van der Waals surface area contributed by atoms with Crippen molar-refractivity contribution in [1.29, 1.82) is 0 Å². The van der Waals surface area contributed by atoms with Crippen LogP contribution in [0.15, 0.2) is 47.8 Å². The number of para-hydroxylation sites is 2. The van der Waals surface area contributed by atoms with Gasteiger partial charge in [0.15, 0.2) is 0 Å². The van der Waals surface area contributed by atoms with Gasteiger partial charge in [-0.25, -0.2) is 0 Å². The second-order valence-corrected chi connectivity index (χ2v) is 5.80. The summed E-state index contributed by atoms with van der Waals surface area (Å²) in [5.74, 6) is -0.533. The molecular weight excluding hydrogens is 323 g/mol. The van der Waals surface area contributed by atoms with Crippen molar-refractivity contribution in [2.75, 3.05) is 10.6 Å². The van der Waals surface area contributed by atoms with Gasteiger partial charge < -0.3 is 10.6 Å². The summed E-state index contributed by atoms with van der Waals surface area (Å²) >= 11 is 12.2. The second kappa shape index (κ2) is 4.60. The normalized spacial score (nSPS) is 18.8. The molecule has 0 saturated carbocycles. The van der Waals surface area contributed by atoms with Gasteiger partial charge >= 0.3 is 0 Å². The number of halogens is 2. The van der Waals surface area contributed by atoms with Gasteiger partial charge in [-0.2, -0.15) is 0 Å². The van der Waals surface area contributed by atoms with Gasteiger partial charge in [0.05, 0.1) is 21.4 Å². The maximum atomic E-state index is 12.5. The molecule has 2 N–H and O–H groups in total. The van der Waals surface area contributed by atoms with E-state index in [0.29, 0.717) is 32.5 Å². The number of anilines is 2. The van der Waals surface area contributed by atoms with Crippen LogP contribution in [-0.4, -0.2) is 11.6 Å². The Kier molecular flexibility index (Phi) is 2.79. The van der Waals surface area contributed by atoms with Crippen molar-refractivity contribution in [2.45, 2.75) is 0 Å². The summed E-state index contributed by atoms with van der Waals surface area (Å²) in [6, 6.07) is 10.1. The number of Topliss-reactive ketones (excluding diaryl/α,β-unsaturated/α-hetero) is 2. The minimum Gasteiger partial charge on any atom is -0.349 e. The minimum absolute atomic E-state index is 0.195. The minimum atomic E-state index is -0.266. The van der Waals surface area contributed by atoms with Crippen molar-refractivity contribution < 1.29 is 9.59 Å². The van der Waals surface area contributed by atoms with Crippen LogP contribution in [0, 0.1) is 0 Å². The van der Waals surface area contributed by atoms with Crippen LogP contribution in [0.2, 0.25) is 10.0 Å². The molecule has 0 bridgehead atoms. The summed E-state index contributed by atoms with van der Waals surface area (Å²) in [4.78, 5) is 25.0. The molecule has 0 saturated heterocycles. The lowest BCUT2D eigenvalue weighted by Crippen LogP contribution is -2.13. The number of carbonyl (C=O) groups is 2. The van der Waals surface area contributed by atoms with E-state index in [1.807, 2.05) is 0 Å². The van der Waals surface area contributed by atoms with Crippen molar-refractivity contribution in [3.8, 4) is 0 Å². The van der Waals surface area contributed by atoms with E-state index in [2.05, 4.69) is 10.6 Å². The Morgan fingerprint density at radius 2 is 1.09 bits per heavy atom. The van der Waals surface area contributed by atoms with Crippen LogP contribution in [0.5, 0.6) is 0 Å². The number of fused-ring (bicyclic) bond motifs is 2. The molecule has 6 heteroatoms. The number of carbonyl (C=O) groups excluding carboxylic acids is 2. The Morgan fingerprint density at radius 3 is 1.45 bits per heavy atom. The smallest absolute Gasteiger partial charge is 0.213 e. The molecule has 0 fully saturated rings. The van der Waals surface area contributed by atoms with Crippen molar-refractivity contribution in [2.24, 2.45) is 0 Å². The summed E-state index contributed by atoms with van der Waals surface area (Å²) in [5.41, 5.74) is 2.33. The Hall–Kier alpha value is -2.30. The summed E-state index contributed by atoms with van der Waals surface area (Å²) < 4.78 is 0. The van der Waals surface area contributed by atoms with E-state index >= 15 is 0 Å². The highest BCUT2D eigenvalue weighted by atomic mass is 35.5. The van der Waals surface area contributed by atoms with Crippen LogP contribution in [0.25, 0.3) is 0 Å². The summed E-state index contributed by atoms with van der Waals surface area (Å²) in [6.45, 7) is 0. The lowest BCUT2D eigenvalue weighted by atomic mass is 10.1. The maximum absolute atomic E-state index is 12.5.